The number of phenols is 1. The number of phenolic OH excluding ortho intramolecular Hbond substituents is 1. The van der Waals surface area contributed by atoms with Crippen LogP contribution in [0.1, 0.15) is 35.4 Å². The monoisotopic (exact) mass is 368 g/mol. The predicted octanol–water partition coefficient (Wildman–Crippen LogP) is 4.10. The Labute approximate surface area is 161 Å². The Morgan fingerprint density at radius 1 is 0.963 bits per heavy atom. The number of aromatic hydroxyl groups is 1. The van der Waals surface area contributed by atoms with Crippen LogP contribution in [0, 0.1) is 6.92 Å². The minimum Gasteiger partial charge on any atom is -0.508 e. The third kappa shape index (κ3) is 4.33. The van der Waals surface area contributed by atoms with Crippen LogP contribution in [-0.4, -0.2) is 53.3 Å². The van der Waals surface area contributed by atoms with E-state index in [0.29, 0.717) is 12.6 Å². The van der Waals surface area contributed by atoms with Gasteiger partial charge in [-0.25, -0.2) is 4.39 Å². The van der Waals surface area contributed by atoms with Gasteiger partial charge in [0.15, 0.2) is 0 Å². The summed E-state index contributed by atoms with van der Waals surface area (Å²) in [6.07, 6.45) is 1.14. The molecule has 3 atom stereocenters. The van der Waals surface area contributed by atoms with Gasteiger partial charge < -0.3 is 5.11 Å². The molecule has 2 aliphatic rings. The normalized spacial score (nSPS) is 27.1. The first-order valence-electron chi connectivity index (χ1n) is 10.0. The number of likely N-dealkylation sites (tertiary alicyclic amines) is 2. The SMILES string of the molecule is Cc1ccc(CN2CC[C@@H](N3CC[C@@H](c4ccc(O)cc4)[C@H](F)C3)C2)cc1. The molecule has 144 valence electrons. The van der Waals surface area contributed by atoms with Gasteiger partial charge in [0.1, 0.15) is 11.9 Å². The van der Waals surface area contributed by atoms with E-state index < -0.39 is 6.17 Å². The number of piperidine rings is 1. The molecule has 2 fully saturated rings. The van der Waals surface area contributed by atoms with Gasteiger partial charge in [-0.15, -0.1) is 0 Å². The number of halogens is 1. The standard InChI is InChI=1S/C23H29FN2O/c1-17-2-4-18(5-3-17)14-25-12-10-20(15-25)26-13-11-22(23(24)16-26)19-6-8-21(27)9-7-19/h2-9,20,22-23,27H,10-16H2,1H3/t20-,22+,23-/m1/s1. The van der Waals surface area contributed by atoms with Crippen molar-refractivity contribution < 1.29 is 9.50 Å². The zero-order valence-corrected chi connectivity index (χ0v) is 16.0. The molecule has 2 aromatic carbocycles. The van der Waals surface area contributed by atoms with E-state index in [9.17, 15) is 9.50 Å². The van der Waals surface area contributed by atoms with Gasteiger partial charge in [0.25, 0.3) is 0 Å². The molecule has 0 bridgehead atoms. The smallest absolute Gasteiger partial charge is 0.120 e. The molecule has 0 unspecified atom stereocenters. The second-order valence-corrected chi connectivity index (χ2v) is 8.16. The summed E-state index contributed by atoms with van der Waals surface area (Å²) in [7, 11) is 0. The van der Waals surface area contributed by atoms with Crippen LogP contribution in [0.3, 0.4) is 0 Å². The lowest BCUT2D eigenvalue weighted by atomic mass is 9.87. The third-order valence-electron chi connectivity index (χ3n) is 6.18. The average molecular weight is 368 g/mol. The van der Waals surface area contributed by atoms with E-state index in [2.05, 4.69) is 41.0 Å². The summed E-state index contributed by atoms with van der Waals surface area (Å²) < 4.78 is 14.9. The van der Waals surface area contributed by atoms with Gasteiger partial charge in [0, 0.05) is 38.1 Å². The van der Waals surface area contributed by atoms with Gasteiger partial charge in [-0.1, -0.05) is 42.0 Å². The number of hydrogen-bond acceptors (Lipinski definition) is 3. The molecule has 2 aromatic rings. The van der Waals surface area contributed by atoms with Crippen molar-refractivity contribution in [3.05, 3.63) is 65.2 Å². The molecule has 2 saturated heterocycles. The second kappa shape index (κ2) is 7.99. The molecule has 2 heterocycles. The molecule has 2 aliphatic heterocycles. The van der Waals surface area contributed by atoms with Crippen molar-refractivity contribution in [2.45, 2.75) is 44.4 Å². The van der Waals surface area contributed by atoms with E-state index in [1.54, 1.807) is 12.1 Å². The first-order chi connectivity index (χ1) is 13.1. The predicted molar refractivity (Wildman–Crippen MR) is 107 cm³/mol. The van der Waals surface area contributed by atoms with Crippen LogP contribution in [0.15, 0.2) is 48.5 Å². The maximum atomic E-state index is 14.9. The van der Waals surface area contributed by atoms with Crippen molar-refractivity contribution in [2.24, 2.45) is 0 Å². The molecule has 27 heavy (non-hydrogen) atoms. The van der Waals surface area contributed by atoms with Crippen molar-refractivity contribution in [1.82, 2.24) is 9.80 Å². The van der Waals surface area contributed by atoms with Crippen LogP contribution >= 0.6 is 0 Å². The van der Waals surface area contributed by atoms with Gasteiger partial charge in [0.2, 0.25) is 0 Å². The van der Waals surface area contributed by atoms with Crippen LogP contribution < -0.4 is 0 Å². The third-order valence-corrected chi connectivity index (χ3v) is 6.18. The van der Waals surface area contributed by atoms with E-state index in [-0.39, 0.29) is 11.7 Å². The Kier molecular flexibility index (Phi) is 5.46. The van der Waals surface area contributed by atoms with Crippen molar-refractivity contribution >= 4 is 0 Å². The van der Waals surface area contributed by atoms with Crippen molar-refractivity contribution in [3.63, 3.8) is 0 Å². The maximum absolute atomic E-state index is 14.9. The number of hydrogen-bond donors (Lipinski definition) is 1. The van der Waals surface area contributed by atoms with Crippen molar-refractivity contribution in [3.8, 4) is 5.75 Å². The van der Waals surface area contributed by atoms with Gasteiger partial charge in [-0.05, 0) is 49.6 Å². The zero-order chi connectivity index (χ0) is 18.8. The van der Waals surface area contributed by atoms with Crippen LogP contribution in [0.4, 0.5) is 4.39 Å². The van der Waals surface area contributed by atoms with Crippen LogP contribution in [-0.2, 0) is 6.54 Å². The molecular formula is C23H29FN2O. The van der Waals surface area contributed by atoms with E-state index in [4.69, 9.17) is 0 Å². The first-order valence-corrected chi connectivity index (χ1v) is 10.0. The molecule has 0 spiro atoms. The quantitative estimate of drug-likeness (QED) is 0.880. The van der Waals surface area contributed by atoms with Crippen molar-refractivity contribution in [1.29, 1.82) is 0 Å². The fraction of sp³-hybridized carbons (Fsp3) is 0.478. The molecule has 0 amide bonds. The molecule has 0 aromatic heterocycles. The number of aryl methyl sites for hydroxylation is 1. The Bertz CT molecular complexity index is 746. The highest BCUT2D eigenvalue weighted by molar-refractivity contribution is 5.29. The topological polar surface area (TPSA) is 26.7 Å². The summed E-state index contributed by atoms with van der Waals surface area (Å²) in [5, 5.41) is 9.44. The lowest BCUT2D eigenvalue weighted by Crippen LogP contribution is -2.47. The summed E-state index contributed by atoms with van der Waals surface area (Å²) in [5.74, 6) is 0.193. The molecule has 0 aliphatic carbocycles. The fourth-order valence-electron chi connectivity index (χ4n) is 4.56. The molecule has 4 heteroatoms. The lowest BCUT2D eigenvalue weighted by molar-refractivity contribution is 0.0835. The molecular weight excluding hydrogens is 339 g/mol. The van der Waals surface area contributed by atoms with Crippen LogP contribution in [0.25, 0.3) is 0 Å². The summed E-state index contributed by atoms with van der Waals surface area (Å²) in [4.78, 5) is 4.85. The number of alkyl halides is 1. The summed E-state index contributed by atoms with van der Waals surface area (Å²) in [6, 6.07) is 16.3. The molecule has 1 N–H and O–H groups in total. The average Bonchev–Trinajstić information content (AvgIpc) is 3.13. The van der Waals surface area contributed by atoms with Crippen LogP contribution in [0.5, 0.6) is 5.75 Å². The Hall–Kier alpha value is -1.91. The number of rotatable bonds is 4. The Morgan fingerprint density at radius 3 is 2.41 bits per heavy atom. The van der Waals surface area contributed by atoms with Crippen molar-refractivity contribution in [2.75, 3.05) is 26.2 Å². The maximum Gasteiger partial charge on any atom is 0.120 e. The van der Waals surface area contributed by atoms with Gasteiger partial charge >= 0.3 is 0 Å². The van der Waals surface area contributed by atoms with Gasteiger partial charge in [0.05, 0.1) is 0 Å². The minimum absolute atomic E-state index is 0.0492. The molecule has 4 rings (SSSR count). The fourth-order valence-corrected chi connectivity index (χ4v) is 4.56. The van der Waals surface area contributed by atoms with E-state index >= 15 is 0 Å². The summed E-state index contributed by atoms with van der Waals surface area (Å²) >= 11 is 0. The number of nitrogens with zero attached hydrogens (tertiary/aromatic N) is 2. The Morgan fingerprint density at radius 2 is 1.70 bits per heavy atom. The lowest BCUT2D eigenvalue weighted by Gasteiger charge is -2.38. The second-order valence-electron chi connectivity index (χ2n) is 8.16. The van der Waals surface area contributed by atoms with E-state index in [1.807, 2.05) is 12.1 Å². The molecule has 3 nitrogen and oxygen atoms in total. The zero-order valence-electron chi connectivity index (χ0n) is 16.0. The number of benzene rings is 2. The Balaban J connectivity index is 1.31. The highest BCUT2D eigenvalue weighted by Crippen LogP contribution is 2.33. The van der Waals surface area contributed by atoms with E-state index in [1.165, 1.54) is 11.1 Å². The highest BCUT2D eigenvalue weighted by atomic mass is 19.1. The molecule has 0 saturated carbocycles. The van der Waals surface area contributed by atoms with Crippen LogP contribution in [0.2, 0.25) is 0 Å². The molecule has 0 radical (unpaired) electrons. The highest BCUT2D eigenvalue weighted by Gasteiger charge is 2.35. The summed E-state index contributed by atoms with van der Waals surface area (Å²) in [5.41, 5.74) is 3.66. The van der Waals surface area contributed by atoms with Gasteiger partial charge in [-0.2, -0.15) is 0 Å². The van der Waals surface area contributed by atoms with E-state index in [0.717, 1.165) is 44.6 Å². The first kappa shape index (κ1) is 18.5. The summed E-state index contributed by atoms with van der Waals surface area (Å²) in [6.45, 7) is 6.70. The largest absolute Gasteiger partial charge is 0.508 e. The van der Waals surface area contributed by atoms with Gasteiger partial charge in [-0.3, -0.25) is 9.80 Å². The minimum atomic E-state index is -0.838.